The van der Waals surface area contributed by atoms with Crippen molar-refractivity contribution in [1.82, 2.24) is 0 Å². The van der Waals surface area contributed by atoms with Gasteiger partial charge in [0.1, 0.15) is 0 Å². The van der Waals surface area contributed by atoms with Crippen molar-refractivity contribution in [2.24, 2.45) is 0 Å². The van der Waals surface area contributed by atoms with E-state index in [4.69, 9.17) is 0 Å². The second kappa shape index (κ2) is 588. The van der Waals surface area contributed by atoms with Crippen LogP contribution in [0.15, 0.2) is 0 Å². The molecule has 0 saturated heterocycles. The van der Waals surface area contributed by atoms with Crippen molar-refractivity contribution in [3.63, 3.8) is 0 Å². The van der Waals surface area contributed by atoms with Crippen LogP contribution in [-0.2, 0) is 18.6 Å². The fraction of sp³-hybridized carbons (Fsp3) is 0. The summed E-state index contributed by atoms with van der Waals surface area (Å²) >= 11 is 0. The van der Waals surface area contributed by atoms with Gasteiger partial charge in [-0.3, -0.25) is 0 Å². The molecule has 0 unspecified atom stereocenters. The van der Waals surface area contributed by atoms with E-state index >= 15 is 0 Å². The molecule has 77 valence electrons. The molecule has 0 heterocycles. The molecule has 1 radical (unpaired) electrons. The van der Waals surface area contributed by atoms with Crippen molar-refractivity contribution in [3.8, 4) is 0 Å². The molecule has 0 aliphatic heterocycles. The van der Waals surface area contributed by atoms with E-state index in [0.29, 0.717) is 0 Å². The van der Waals surface area contributed by atoms with Crippen LogP contribution >= 0.6 is 0 Å². The van der Waals surface area contributed by atoms with Gasteiger partial charge < -0.3 is 70.1 Å². The fourth-order valence-electron chi connectivity index (χ4n) is 0. The van der Waals surface area contributed by atoms with Gasteiger partial charge in [0, 0.05) is 18.6 Å². The first kappa shape index (κ1) is 793. The van der Waals surface area contributed by atoms with Gasteiger partial charge >= 0.3 is 0 Å². The summed E-state index contributed by atoms with van der Waals surface area (Å²) in [5.41, 5.74) is 0. The molecule has 6 nitrogen and oxygen atoms in total. The summed E-state index contributed by atoms with van der Waals surface area (Å²) in [6.45, 7) is 0. The topological polar surface area (TPSA) is 189 Å². The molecule has 0 fully saturated rings. The Labute approximate surface area is 88.7 Å². The van der Waals surface area contributed by atoms with Crippen LogP contribution in [0.2, 0.25) is 0 Å². The maximum absolute atomic E-state index is 0. The normalized spacial score (nSPS) is 0. The summed E-state index contributed by atoms with van der Waals surface area (Å²) in [6, 6.07) is 0. The Kier molecular flexibility index (Phi) is 46700. The van der Waals surface area contributed by atoms with Crippen LogP contribution in [0.4, 0.5) is 0 Å². The van der Waals surface area contributed by atoms with Gasteiger partial charge in [-0.15, -0.1) is 0 Å². The molecule has 10 heavy (non-hydrogen) atoms. The van der Waals surface area contributed by atoms with E-state index in [9.17, 15) is 0 Å². The summed E-state index contributed by atoms with van der Waals surface area (Å²) in [4.78, 5) is 0. The Hall–Kier alpha value is 1.21. The van der Waals surface area contributed by atoms with Gasteiger partial charge in [0.2, 0.25) is 0 Å². The molecule has 12 N–H and O–H groups in total. The van der Waals surface area contributed by atoms with E-state index in [1.165, 1.54) is 0 Å². The molecule has 10 heteroatoms. The zero-order valence-electron chi connectivity index (χ0n) is 4.58. The van der Waals surface area contributed by atoms with Crippen LogP contribution in [0.1, 0.15) is 0 Å². The summed E-state index contributed by atoms with van der Waals surface area (Å²) in [7, 11) is 0. The Morgan fingerprint density at radius 1 is 0.300 bits per heavy atom. The summed E-state index contributed by atoms with van der Waals surface area (Å²) in [5.74, 6) is 0. The molecule has 0 bridgehead atoms. The molecule has 0 atom stereocenters. The standard InChI is InChI=1S/3ClH.6H2O.V/h3*1H;6*1H2;/p-3. The minimum absolute atomic E-state index is 0. The van der Waals surface area contributed by atoms with Crippen molar-refractivity contribution in [1.29, 1.82) is 0 Å². The van der Waals surface area contributed by atoms with Crippen molar-refractivity contribution in [2.45, 2.75) is 0 Å². The molecule has 0 aromatic carbocycles. The molecular weight excluding hydrogens is 253 g/mol. The van der Waals surface area contributed by atoms with Crippen LogP contribution in [-0.4, -0.2) is 32.9 Å². The molecule has 0 rings (SSSR count). The third-order valence-electron chi connectivity index (χ3n) is 0. The fourth-order valence-corrected chi connectivity index (χ4v) is 0. The minimum Gasteiger partial charge on any atom is -1.00 e. The first-order valence-electron chi connectivity index (χ1n) is 0. The van der Waals surface area contributed by atoms with Crippen LogP contribution in [0.5, 0.6) is 0 Å². The number of hydrogen-bond donors (Lipinski definition) is 0. The van der Waals surface area contributed by atoms with Gasteiger partial charge in [-0.05, 0) is 0 Å². The van der Waals surface area contributed by atoms with Crippen molar-refractivity contribution in [3.05, 3.63) is 0 Å². The van der Waals surface area contributed by atoms with Crippen molar-refractivity contribution < 1.29 is 88.6 Å². The van der Waals surface area contributed by atoms with Crippen LogP contribution in [0.25, 0.3) is 0 Å². The number of hydrogen-bond acceptors (Lipinski definition) is 0. The van der Waals surface area contributed by atoms with Gasteiger partial charge in [-0.1, -0.05) is 0 Å². The van der Waals surface area contributed by atoms with E-state index < -0.39 is 0 Å². The van der Waals surface area contributed by atoms with Gasteiger partial charge in [-0.25, -0.2) is 0 Å². The Bertz CT molecular complexity index is 13.0. The molecule has 0 saturated carbocycles. The first-order valence-corrected chi connectivity index (χ1v) is 0. The van der Waals surface area contributed by atoms with E-state index in [1.54, 1.807) is 0 Å². The Balaban J connectivity index is 0. The summed E-state index contributed by atoms with van der Waals surface area (Å²) in [5, 5.41) is 0. The average molecular weight is 265 g/mol. The van der Waals surface area contributed by atoms with Gasteiger partial charge in [0.15, 0.2) is 0 Å². The summed E-state index contributed by atoms with van der Waals surface area (Å²) in [6.07, 6.45) is 0. The predicted molar refractivity (Wildman–Crippen MR) is 21.7 cm³/mol. The van der Waals surface area contributed by atoms with E-state index in [1.807, 2.05) is 0 Å². The van der Waals surface area contributed by atoms with Gasteiger partial charge in [0.25, 0.3) is 0 Å². The van der Waals surface area contributed by atoms with E-state index in [-0.39, 0.29) is 88.6 Å². The Morgan fingerprint density at radius 2 is 0.300 bits per heavy atom. The third-order valence-corrected chi connectivity index (χ3v) is 0. The number of rotatable bonds is 0. The van der Waals surface area contributed by atoms with Crippen LogP contribution in [0.3, 0.4) is 0 Å². The zero-order valence-corrected chi connectivity index (χ0v) is 8.25. The second-order valence-electron chi connectivity index (χ2n) is 0. The zero-order chi connectivity index (χ0) is 0. The SMILES string of the molecule is O.O.O.O.O.O.[Cl-].[Cl-].[Cl-].[V]. The van der Waals surface area contributed by atoms with E-state index in [0.717, 1.165) is 0 Å². The smallest absolute Gasteiger partial charge is 0 e. The number of halogens is 3. The maximum Gasteiger partial charge on any atom is 0 e. The van der Waals surface area contributed by atoms with E-state index in [2.05, 4.69) is 0 Å². The van der Waals surface area contributed by atoms with Crippen LogP contribution < -0.4 is 37.2 Å². The molecule has 0 aliphatic carbocycles. The van der Waals surface area contributed by atoms with Crippen molar-refractivity contribution in [2.75, 3.05) is 0 Å². The molecule has 0 aliphatic rings. The minimum atomic E-state index is 0. The molecular formula is H12Cl3O6V-3. The Morgan fingerprint density at radius 3 is 0.300 bits per heavy atom. The summed E-state index contributed by atoms with van der Waals surface area (Å²) < 4.78 is 0. The second-order valence-corrected chi connectivity index (χ2v) is 0. The third kappa shape index (κ3) is 422. The van der Waals surface area contributed by atoms with Gasteiger partial charge in [-0.2, -0.15) is 0 Å². The average Bonchev–Trinajstić information content (AvgIpc) is 0. The molecule has 0 aromatic rings. The predicted octanol–water partition coefficient (Wildman–Crippen LogP) is -13.9. The molecule has 0 amide bonds. The largest absolute Gasteiger partial charge is 1.00 e. The quantitative estimate of drug-likeness (QED) is 0.402. The maximum atomic E-state index is 0. The first-order chi connectivity index (χ1) is 0. The van der Waals surface area contributed by atoms with Crippen LogP contribution in [0, 0.1) is 0 Å². The molecule has 0 aromatic heterocycles. The monoisotopic (exact) mass is 264 g/mol. The molecule has 0 spiro atoms. The van der Waals surface area contributed by atoms with Gasteiger partial charge in [0.05, 0.1) is 0 Å². The van der Waals surface area contributed by atoms with Crippen molar-refractivity contribution >= 4 is 0 Å².